The fourth-order valence-electron chi connectivity index (χ4n) is 4.19. The molecule has 0 amide bonds. The van der Waals surface area contributed by atoms with Crippen molar-refractivity contribution in [2.45, 2.75) is 31.7 Å². The molecule has 30 heavy (non-hydrogen) atoms. The summed E-state index contributed by atoms with van der Waals surface area (Å²) in [5.74, 6) is 0.122. The van der Waals surface area contributed by atoms with Gasteiger partial charge in [-0.1, -0.05) is 12.1 Å². The molecule has 4 rings (SSSR count). The highest BCUT2D eigenvalue weighted by Gasteiger charge is 2.23. The predicted molar refractivity (Wildman–Crippen MR) is 127 cm³/mol. The van der Waals surface area contributed by atoms with Gasteiger partial charge in [-0.2, -0.15) is 0 Å². The summed E-state index contributed by atoms with van der Waals surface area (Å²) in [6.45, 7) is 2.76. The lowest BCUT2D eigenvalue weighted by Crippen LogP contribution is -2.37. The number of likely N-dealkylation sites (tertiary alicyclic amines) is 1. The van der Waals surface area contributed by atoms with Crippen molar-refractivity contribution in [2.75, 3.05) is 25.4 Å². The van der Waals surface area contributed by atoms with E-state index in [4.69, 9.17) is 5.73 Å². The SMILES string of the molecule is Nc1c(Br)cc(C(=O)CCCN2CCC(n3c(=O)[nH]c4ccccc43)CC2)cc1Br. The Balaban J connectivity index is 1.30. The molecule has 0 spiro atoms. The van der Waals surface area contributed by atoms with Gasteiger partial charge in [0.1, 0.15) is 0 Å². The third kappa shape index (κ3) is 4.40. The molecule has 2 heterocycles. The number of piperidine rings is 1. The Bertz CT molecular complexity index is 1110. The van der Waals surface area contributed by atoms with Crippen molar-refractivity contribution >= 4 is 54.4 Å². The highest BCUT2D eigenvalue weighted by atomic mass is 79.9. The number of carbonyl (C=O) groups excluding carboxylic acids is 1. The van der Waals surface area contributed by atoms with Gasteiger partial charge in [0.15, 0.2) is 5.78 Å². The van der Waals surface area contributed by atoms with Crippen molar-refractivity contribution < 1.29 is 4.79 Å². The Kier molecular flexibility index (Phi) is 6.46. The molecule has 3 N–H and O–H groups in total. The summed E-state index contributed by atoms with van der Waals surface area (Å²) >= 11 is 6.79. The maximum Gasteiger partial charge on any atom is 0.326 e. The lowest BCUT2D eigenvalue weighted by atomic mass is 10.0. The number of carbonyl (C=O) groups is 1. The quantitative estimate of drug-likeness (QED) is 0.353. The normalized spacial score (nSPS) is 15.7. The minimum Gasteiger partial charge on any atom is -0.397 e. The number of hydrogen-bond donors (Lipinski definition) is 2. The molecule has 0 bridgehead atoms. The molecule has 0 aliphatic carbocycles. The highest BCUT2D eigenvalue weighted by molar-refractivity contribution is 9.11. The van der Waals surface area contributed by atoms with E-state index in [1.807, 2.05) is 28.8 Å². The van der Waals surface area contributed by atoms with E-state index in [2.05, 4.69) is 41.7 Å². The Hall–Kier alpha value is -1.90. The first-order valence-corrected chi connectivity index (χ1v) is 11.7. The highest BCUT2D eigenvalue weighted by Crippen LogP contribution is 2.30. The molecule has 0 atom stereocenters. The molecule has 1 fully saturated rings. The molecule has 1 aliphatic rings. The lowest BCUT2D eigenvalue weighted by molar-refractivity contribution is 0.0970. The molecule has 6 nitrogen and oxygen atoms in total. The number of nitrogen functional groups attached to an aromatic ring is 1. The Labute approximate surface area is 191 Å². The van der Waals surface area contributed by atoms with Gasteiger partial charge in [0.2, 0.25) is 0 Å². The van der Waals surface area contributed by atoms with Gasteiger partial charge >= 0.3 is 5.69 Å². The first-order chi connectivity index (χ1) is 14.4. The number of Topliss-reactive ketones (excluding diaryl/α,β-unsaturated/α-hetero) is 1. The Morgan fingerprint density at radius 2 is 1.80 bits per heavy atom. The second-order valence-corrected chi connectivity index (χ2v) is 9.48. The number of benzene rings is 2. The molecule has 2 aromatic carbocycles. The monoisotopic (exact) mass is 534 g/mol. The number of aromatic nitrogens is 2. The first-order valence-electron chi connectivity index (χ1n) is 10.1. The molecule has 8 heteroatoms. The second-order valence-electron chi connectivity index (χ2n) is 7.77. The van der Waals surface area contributed by atoms with Gasteiger partial charge in [-0.25, -0.2) is 4.79 Å². The van der Waals surface area contributed by atoms with Crippen molar-refractivity contribution in [3.05, 3.63) is 61.4 Å². The number of rotatable bonds is 6. The summed E-state index contributed by atoms with van der Waals surface area (Å²) in [7, 11) is 0. The van der Waals surface area contributed by atoms with Gasteiger partial charge in [-0.05, 0) is 81.9 Å². The Morgan fingerprint density at radius 3 is 2.50 bits per heavy atom. The topological polar surface area (TPSA) is 84.1 Å². The second kappa shape index (κ2) is 9.08. The number of nitrogens with one attached hydrogen (secondary N) is 1. The number of H-pyrrole nitrogens is 1. The maximum atomic E-state index is 12.5. The average Bonchev–Trinajstić information content (AvgIpc) is 3.07. The summed E-state index contributed by atoms with van der Waals surface area (Å²) < 4.78 is 3.37. The van der Waals surface area contributed by atoms with Crippen LogP contribution in [0.25, 0.3) is 11.0 Å². The van der Waals surface area contributed by atoms with Crippen LogP contribution < -0.4 is 11.4 Å². The Morgan fingerprint density at radius 1 is 1.13 bits per heavy atom. The fraction of sp³-hybridized carbons (Fsp3) is 0.364. The van der Waals surface area contributed by atoms with Gasteiger partial charge in [-0.3, -0.25) is 9.36 Å². The van der Waals surface area contributed by atoms with Crippen molar-refractivity contribution in [3.63, 3.8) is 0 Å². The molecule has 0 unspecified atom stereocenters. The van der Waals surface area contributed by atoms with Gasteiger partial charge in [0.05, 0.1) is 16.7 Å². The maximum absolute atomic E-state index is 12.5. The predicted octanol–water partition coefficient (Wildman–Crippen LogP) is 4.74. The van der Waals surface area contributed by atoms with Crippen LogP contribution in [-0.2, 0) is 0 Å². The number of ketones is 1. The van der Waals surface area contributed by atoms with E-state index in [0.717, 1.165) is 58.9 Å². The molecule has 0 saturated carbocycles. The summed E-state index contributed by atoms with van der Waals surface area (Å²) in [4.78, 5) is 30.3. The van der Waals surface area contributed by atoms with E-state index < -0.39 is 0 Å². The van der Waals surface area contributed by atoms with Crippen molar-refractivity contribution in [1.29, 1.82) is 0 Å². The number of anilines is 1. The van der Waals surface area contributed by atoms with Crippen LogP contribution in [0, 0.1) is 0 Å². The zero-order valence-electron chi connectivity index (χ0n) is 16.5. The van der Waals surface area contributed by atoms with E-state index in [-0.39, 0.29) is 17.5 Å². The average molecular weight is 536 g/mol. The molecule has 158 valence electrons. The lowest BCUT2D eigenvalue weighted by Gasteiger charge is -2.32. The summed E-state index contributed by atoms with van der Waals surface area (Å²) in [5.41, 5.74) is 9.01. The number of hydrogen-bond acceptors (Lipinski definition) is 4. The van der Waals surface area contributed by atoms with E-state index in [9.17, 15) is 9.59 Å². The molecule has 1 saturated heterocycles. The number of halogens is 2. The van der Waals surface area contributed by atoms with Crippen LogP contribution in [0.15, 0.2) is 50.1 Å². The molecule has 1 aromatic heterocycles. The third-order valence-corrected chi connectivity index (χ3v) is 7.14. The molecular formula is C22H24Br2N4O2. The molecule has 1 aliphatic heterocycles. The largest absolute Gasteiger partial charge is 0.397 e. The minimum atomic E-state index is -0.0268. The van der Waals surface area contributed by atoms with Crippen LogP contribution in [0.3, 0.4) is 0 Å². The standard InChI is InChI=1S/C22H24Br2N4O2/c23-16-12-14(13-17(24)21(16)25)20(29)6-3-9-27-10-7-15(8-11-27)28-19-5-2-1-4-18(19)26-22(28)30/h1-2,4-5,12-13,15H,3,6-11,25H2,(H,26,30). The number of nitrogens with two attached hydrogens (primary N) is 1. The van der Waals surface area contributed by atoms with Crippen LogP contribution >= 0.6 is 31.9 Å². The van der Waals surface area contributed by atoms with Crippen LogP contribution in [0.1, 0.15) is 42.1 Å². The van der Waals surface area contributed by atoms with Gasteiger partial charge in [-0.15, -0.1) is 0 Å². The van der Waals surface area contributed by atoms with Gasteiger partial charge < -0.3 is 15.6 Å². The van der Waals surface area contributed by atoms with Gasteiger partial charge in [0, 0.05) is 40.1 Å². The number of imidazole rings is 1. The zero-order chi connectivity index (χ0) is 21.3. The van der Waals surface area contributed by atoms with Crippen molar-refractivity contribution in [3.8, 4) is 0 Å². The smallest absolute Gasteiger partial charge is 0.326 e. The number of nitrogens with zero attached hydrogens (tertiary/aromatic N) is 2. The number of fused-ring (bicyclic) bond motifs is 1. The molecular weight excluding hydrogens is 512 g/mol. The summed E-state index contributed by atoms with van der Waals surface area (Å²) in [5, 5.41) is 0. The van der Waals surface area contributed by atoms with E-state index in [1.165, 1.54) is 0 Å². The van der Waals surface area contributed by atoms with Crippen LogP contribution in [0.4, 0.5) is 5.69 Å². The fourth-order valence-corrected chi connectivity index (χ4v) is 5.38. The van der Waals surface area contributed by atoms with Crippen molar-refractivity contribution in [2.24, 2.45) is 0 Å². The van der Waals surface area contributed by atoms with Crippen LogP contribution in [0.2, 0.25) is 0 Å². The molecule has 3 aromatic rings. The zero-order valence-corrected chi connectivity index (χ0v) is 19.7. The van der Waals surface area contributed by atoms with Crippen LogP contribution in [0.5, 0.6) is 0 Å². The van der Waals surface area contributed by atoms with E-state index in [1.54, 1.807) is 12.1 Å². The third-order valence-electron chi connectivity index (χ3n) is 5.83. The van der Waals surface area contributed by atoms with Crippen LogP contribution in [-0.4, -0.2) is 39.9 Å². The summed E-state index contributed by atoms with van der Waals surface area (Å²) in [6, 6.07) is 11.6. The van der Waals surface area contributed by atoms with E-state index >= 15 is 0 Å². The molecule has 0 radical (unpaired) electrons. The summed E-state index contributed by atoms with van der Waals surface area (Å²) in [6.07, 6.45) is 3.20. The number of aromatic amines is 1. The first kappa shape index (κ1) is 21.3. The van der Waals surface area contributed by atoms with Crippen molar-refractivity contribution in [1.82, 2.24) is 14.5 Å². The van der Waals surface area contributed by atoms with Gasteiger partial charge in [0.25, 0.3) is 0 Å². The number of para-hydroxylation sites is 2. The van der Waals surface area contributed by atoms with E-state index in [0.29, 0.717) is 17.7 Å². The minimum absolute atomic E-state index is 0.0268.